The minimum Gasteiger partial charge on any atom is -0.495 e. The highest BCUT2D eigenvalue weighted by Gasteiger charge is 2.38. The van der Waals surface area contributed by atoms with Gasteiger partial charge in [0.2, 0.25) is 10.0 Å². The molecular formula is C28H35N5O8S. The van der Waals surface area contributed by atoms with Gasteiger partial charge in [0.25, 0.3) is 11.2 Å². The summed E-state index contributed by atoms with van der Waals surface area (Å²) in [7, 11) is -2.81. The van der Waals surface area contributed by atoms with Crippen LogP contribution in [0.25, 0.3) is 11.0 Å². The molecule has 1 saturated carbocycles. The van der Waals surface area contributed by atoms with Gasteiger partial charge in [0.1, 0.15) is 22.3 Å². The van der Waals surface area contributed by atoms with E-state index in [4.69, 9.17) is 9.47 Å². The van der Waals surface area contributed by atoms with Crippen LogP contribution in [0.5, 0.6) is 5.75 Å². The van der Waals surface area contributed by atoms with E-state index in [1.807, 2.05) is 0 Å². The Balaban J connectivity index is 1.67. The number of pyridine rings is 2. The number of carbonyl (C=O) groups excluding carboxylic acids is 1. The lowest BCUT2D eigenvalue weighted by Gasteiger charge is -2.34. The largest absolute Gasteiger partial charge is 0.495 e. The molecule has 226 valence electrons. The predicted molar refractivity (Wildman–Crippen MR) is 157 cm³/mol. The van der Waals surface area contributed by atoms with Gasteiger partial charge < -0.3 is 19.4 Å². The Labute approximate surface area is 243 Å². The van der Waals surface area contributed by atoms with E-state index in [1.54, 1.807) is 32.9 Å². The van der Waals surface area contributed by atoms with Crippen molar-refractivity contribution >= 4 is 38.5 Å². The maximum Gasteiger partial charge on any atom is 0.407 e. The average Bonchev–Trinajstić information content (AvgIpc) is 2.91. The third-order valence-electron chi connectivity index (χ3n) is 7.18. The lowest BCUT2D eigenvalue weighted by Crippen LogP contribution is -2.45. The lowest BCUT2D eigenvalue weighted by molar-refractivity contribution is -0.383. The van der Waals surface area contributed by atoms with Crippen molar-refractivity contribution < 1.29 is 27.6 Å². The van der Waals surface area contributed by atoms with Crippen LogP contribution < -0.4 is 20.3 Å². The van der Waals surface area contributed by atoms with Gasteiger partial charge in [-0.05, 0) is 64.5 Å². The van der Waals surface area contributed by atoms with Crippen LogP contribution >= 0.6 is 0 Å². The van der Waals surface area contributed by atoms with E-state index >= 15 is 0 Å². The van der Waals surface area contributed by atoms with Crippen molar-refractivity contribution in [3.8, 4) is 5.75 Å². The molecule has 0 bridgehead atoms. The van der Waals surface area contributed by atoms with Gasteiger partial charge in [0.05, 0.1) is 29.3 Å². The number of hydrogen-bond acceptors (Lipinski definition) is 9. The molecule has 1 aliphatic carbocycles. The summed E-state index contributed by atoms with van der Waals surface area (Å²) in [6.45, 7) is 5.08. The third kappa shape index (κ3) is 7.35. The smallest absolute Gasteiger partial charge is 0.407 e. The number of para-hydroxylation sites is 2. The first-order valence-corrected chi connectivity index (χ1v) is 15.1. The van der Waals surface area contributed by atoms with Gasteiger partial charge in [-0.2, -0.15) is 0 Å². The number of benzene rings is 1. The highest BCUT2D eigenvalue weighted by molar-refractivity contribution is 7.93. The number of amides is 1. The van der Waals surface area contributed by atoms with Crippen LogP contribution in [-0.4, -0.2) is 53.0 Å². The van der Waals surface area contributed by atoms with Crippen LogP contribution in [0.3, 0.4) is 0 Å². The van der Waals surface area contributed by atoms with E-state index in [9.17, 15) is 28.1 Å². The Morgan fingerprint density at radius 1 is 1.17 bits per heavy atom. The van der Waals surface area contributed by atoms with Crippen molar-refractivity contribution in [3.63, 3.8) is 0 Å². The zero-order chi connectivity index (χ0) is 30.7. The first kappa shape index (κ1) is 30.8. The van der Waals surface area contributed by atoms with Crippen LogP contribution in [0.4, 0.5) is 16.2 Å². The molecule has 0 saturated heterocycles. The van der Waals surface area contributed by atoms with E-state index in [-0.39, 0.29) is 24.0 Å². The second kappa shape index (κ2) is 12.3. The Bertz CT molecular complexity index is 1630. The molecule has 2 heterocycles. The first-order chi connectivity index (χ1) is 19.8. The van der Waals surface area contributed by atoms with Crippen molar-refractivity contribution in [3.05, 3.63) is 69.1 Å². The lowest BCUT2D eigenvalue weighted by atomic mass is 9.83. The van der Waals surface area contributed by atoms with Crippen molar-refractivity contribution in [2.75, 3.05) is 11.8 Å². The van der Waals surface area contributed by atoms with Crippen molar-refractivity contribution in [2.45, 2.75) is 69.9 Å². The summed E-state index contributed by atoms with van der Waals surface area (Å²) < 4.78 is 42.4. The molecule has 14 heteroatoms. The van der Waals surface area contributed by atoms with E-state index < -0.39 is 43.4 Å². The van der Waals surface area contributed by atoms with Gasteiger partial charge in [0.15, 0.2) is 0 Å². The molecule has 0 aliphatic heterocycles. The number of sulfonamides is 1. The molecule has 2 N–H and O–H groups in total. The fourth-order valence-corrected chi connectivity index (χ4v) is 6.94. The Kier molecular flexibility index (Phi) is 9.04. The molecule has 1 fully saturated rings. The van der Waals surface area contributed by atoms with E-state index in [0.29, 0.717) is 42.5 Å². The highest BCUT2D eigenvalue weighted by Crippen LogP contribution is 2.34. The number of hydrogen-bond donors (Lipinski definition) is 2. The highest BCUT2D eigenvalue weighted by atomic mass is 32.2. The van der Waals surface area contributed by atoms with Crippen molar-refractivity contribution in [2.24, 2.45) is 5.92 Å². The fraction of sp³-hybridized carbons (Fsp3) is 0.464. The van der Waals surface area contributed by atoms with E-state index in [1.165, 1.54) is 48.2 Å². The summed E-state index contributed by atoms with van der Waals surface area (Å²) in [6, 6.07) is 9.77. The Morgan fingerprint density at radius 3 is 2.50 bits per heavy atom. The third-order valence-corrected chi connectivity index (χ3v) is 9.02. The molecule has 42 heavy (non-hydrogen) atoms. The molecular weight excluding hydrogens is 566 g/mol. The maximum atomic E-state index is 14.0. The second-order valence-corrected chi connectivity index (χ2v) is 13.2. The molecule has 2 aromatic heterocycles. The normalized spacial score (nSPS) is 18.2. The summed E-state index contributed by atoms with van der Waals surface area (Å²) in [5, 5.41) is 13.3. The van der Waals surface area contributed by atoms with Gasteiger partial charge in [-0.15, -0.1) is 0 Å². The molecule has 1 amide bonds. The number of nitro benzene ring substituents is 1. The topological polar surface area (TPSA) is 172 Å². The molecule has 1 aromatic carbocycles. The summed E-state index contributed by atoms with van der Waals surface area (Å²) >= 11 is 0. The summed E-state index contributed by atoms with van der Waals surface area (Å²) in [6.07, 6.45) is 2.77. The van der Waals surface area contributed by atoms with Gasteiger partial charge in [-0.1, -0.05) is 12.1 Å². The van der Waals surface area contributed by atoms with Crippen molar-refractivity contribution in [1.29, 1.82) is 0 Å². The number of nitrogens with zero attached hydrogens (tertiary/aromatic N) is 3. The number of carbonyl (C=O) groups is 1. The van der Waals surface area contributed by atoms with Gasteiger partial charge in [-0.3, -0.25) is 24.6 Å². The van der Waals surface area contributed by atoms with E-state index in [2.05, 4.69) is 15.0 Å². The number of nitro groups is 1. The quantitative estimate of drug-likeness (QED) is 0.269. The minimum atomic E-state index is -4.27. The molecule has 0 radical (unpaired) electrons. The summed E-state index contributed by atoms with van der Waals surface area (Å²) in [4.78, 5) is 40.6. The second-order valence-electron chi connectivity index (χ2n) is 11.3. The molecule has 1 unspecified atom stereocenters. The Hall–Kier alpha value is -4.20. The molecule has 1 atom stereocenters. The number of nitrogens with one attached hydrogen (secondary N) is 2. The van der Waals surface area contributed by atoms with Crippen LogP contribution in [0, 0.1) is 16.0 Å². The average molecular weight is 602 g/mol. The number of rotatable bonds is 9. The van der Waals surface area contributed by atoms with E-state index in [0.717, 1.165) is 0 Å². The zero-order valence-electron chi connectivity index (χ0n) is 23.9. The monoisotopic (exact) mass is 601 g/mol. The number of methoxy groups -OCH3 is 1. The number of ether oxygens (including phenoxy) is 2. The van der Waals surface area contributed by atoms with Crippen LogP contribution in [-0.2, 0) is 21.3 Å². The Morgan fingerprint density at radius 2 is 1.86 bits per heavy atom. The van der Waals surface area contributed by atoms with Crippen LogP contribution in [0.2, 0.25) is 0 Å². The zero-order valence-corrected chi connectivity index (χ0v) is 24.7. The summed E-state index contributed by atoms with van der Waals surface area (Å²) in [5.41, 5.74) is -0.766. The van der Waals surface area contributed by atoms with Crippen LogP contribution in [0.1, 0.15) is 46.5 Å². The maximum absolute atomic E-state index is 14.0. The standard InChI is InChI=1S/C28H35N5O8S/c1-28(2,3)41-27(35)30-19-11-9-18(10-12-19)25(42(38,39)31-22-7-5-6-8-23(22)33(36)37)17-32-24-15-20(40-4)16-29-21(24)13-14-26(32)34/h5-8,13-16,18-19,25,31H,9-12,17H2,1-4H3,(H,30,35). The molecule has 13 nitrogen and oxygen atoms in total. The minimum absolute atomic E-state index is 0.165. The number of aromatic nitrogens is 2. The van der Waals surface area contributed by atoms with Gasteiger partial charge in [-0.25, -0.2) is 13.2 Å². The molecule has 1 aliphatic rings. The fourth-order valence-electron chi connectivity index (χ4n) is 5.19. The van der Waals surface area contributed by atoms with Gasteiger partial charge >= 0.3 is 6.09 Å². The molecule has 3 aromatic rings. The number of fused-ring (bicyclic) bond motifs is 1. The molecule has 4 rings (SSSR count). The predicted octanol–water partition coefficient (Wildman–Crippen LogP) is 4.21. The van der Waals surface area contributed by atoms with Gasteiger partial charge in [0, 0.05) is 30.8 Å². The van der Waals surface area contributed by atoms with Crippen LogP contribution in [0.15, 0.2) is 53.5 Å². The SMILES string of the molecule is COc1cnc2ccc(=O)n(CC(C3CCC(NC(=O)OC(C)(C)C)CC3)S(=O)(=O)Nc3ccccc3[N+](=O)[O-])c2c1. The van der Waals surface area contributed by atoms with Crippen molar-refractivity contribution in [1.82, 2.24) is 14.9 Å². The number of alkyl carbamates (subject to hydrolysis) is 1. The number of anilines is 1. The summed E-state index contributed by atoms with van der Waals surface area (Å²) in [5.74, 6) is -0.0318. The molecule has 0 spiro atoms. The first-order valence-electron chi connectivity index (χ1n) is 13.6.